The van der Waals surface area contributed by atoms with Gasteiger partial charge in [-0.05, 0) is 31.6 Å². The summed E-state index contributed by atoms with van der Waals surface area (Å²) in [7, 11) is -3.25. The van der Waals surface area contributed by atoms with Crippen molar-refractivity contribution < 1.29 is 8.42 Å². The van der Waals surface area contributed by atoms with Crippen LogP contribution in [-0.4, -0.2) is 38.2 Å². The van der Waals surface area contributed by atoms with E-state index >= 15 is 0 Å². The fraction of sp³-hybridized carbons (Fsp3) is 1.00. The molecule has 0 amide bonds. The zero-order valence-corrected chi connectivity index (χ0v) is 11.4. The maximum absolute atomic E-state index is 11.8. The smallest absolute Gasteiger partial charge is 0.202 e. The highest BCUT2D eigenvalue weighted by molar-refractivity contribution is 7.87. The Hall–Kier alpha value is 0.160. The van der Waals surface area contributed by atoms with Crippen LogP contribution in [0.1, 0.15) is 32.6 Å². The molecule has 1 fully saturated rings. The second-order valence-corrected chi connectivity index (χ2v) is 6.51. The number of hydrogen-bond acceptors (Lipinski definition) is 2. The summed E-state index contributed by atoms with van der Waals surface area (Å²) in [5, 5.41) is 0. The van der Waals surface area contributed by atoms with Gasteiger partial charge < -0.3 is 0 Å². The maximum Gasteiger partial charge on any atom is 0.279 e. The molecule has 1 N–H and O–H groups in total. The van der Waals surface area contributed by atoms with Gasteiger partial charge >= 0.3 is 0 Å². The molecule has 96 valence electrons. The topological polar surface area (TPSA) is 49.4 Å². The van der Waals surface area contributed by atoms with Crippen LogP contribution < -0.4 is 4.72 Å². The van der Waals surface area contributed by atoms with Crippen molar-refractivity contribution in [2.45, 2.75) is 32.6 Å². The third-order valence-electron chi connectivity index (χ3n) is 2.93. The largest absolute Gasteiger partial charge is 0.279 e. The molecule has 0 spiro atoms. The second kappa shape index (κ2) is 6.79. The number of nitrogens with one attached hydrogen (secondary N) is 1. The van der Waals surface area contributed by atoms with Gasteiger partial charge in [0.1, 0.15) is 0 Å². The van der Waals surface area contributed by atoms with Crippen molar-refractivity contribution in [3.05, 3.63) is 0 Å². The Kier molecular flexibility index (Phi) is 6.03. The lowest BCUT2D eigenvalue weighted by atomic mass is 10.0. The molecule has 0 bridgehead atoms. The summed E-state index contributed by atoms with van der Waals surface area (Å²) >= 11 is 5.53. The summed E-state index contributed by atoms with van der Waals surface area (Å²) in [5.41, 5.74) is 0. The van der Waals surface area contributed by atoms with E-state index in [-0.39, 0.29) is 0 Å². The Morgan fingerprint density at radius 1 is 1.31 bits per heavy atom. The van der Waals surface area contributed by atoms with Crippen LogP contribution in [0.5, 0.6) is 0 Å². The number of halogens is 1. The van der Waals surface area contributed by atoms with Crippen molar-refractivity contribution in [3.8, 4) is 0 Å². The Morgan fingerprint density at radius 2 is 1.94 bits per heavy atom. The standard InChI is InChI=1S/C10H21ClN2O2S/c1-10-4-8-13(9-5-10)16(14,15)12-7-3-2-6-11/h10,12H,2-9H2,1H3. The second-order valence-electron chi connectivity index (χ2n) is 4.38. The van der Waals surface area contributed by atoms with Gasteiger partial charge in [0.2, 0.25) is 0 Å². The fourth-order valence-electron chi connectivity index (χ4n) is 1.74. The van der Waals surface area contributed by atoms with Gasteiger partial charge in [0.25, 0.3) is 10.2 Å². The molecule has 4 nitrogen and oxygen atoms in total. The Balaban J connectivity index is 2.33. The summed E-state index contributed by atoms with van der Waals surface area (Å²) in [4.78, 5) is 0. The maximum atomic E-state index is 11.8. The molecule has 1 rings (SSSR count). The average molecular weight is 269 g/mol. The molecule has 1 heterocycles. The lowest BCUT2D eigenvalue weighted by molar-refractivity contribution is 0.285. The SMILES string of the molecule is CC1CCN(S(=O)(=O)NCCCCCl)CC1. The Labute approximate surface area is 104 Å². The molecule has 1 aliphatic heterocycles. The zero-order valence-electron chi connectivity index (χ0n) is 9.78. The van der Waals surface area contributed by atoms with Gasteiger partial charge in [0.05, 0.1) is 0 Å². The van der Waals surface area contributed by atoms with Gasteiger partial charge in [-0.2, -0.15) is 12.7 Å². The summed E-state index contributed by atoms with van der Waals surface area (Å²) in [6.07, 6.45) is 3.57. The first-order chi connectivity index (χ1) is 7.56. The first kappa shape index (κ1) is 14.2. The van der Waals surface area contributed by atoms with Crippen LogP contribution in [0.2, 0.25) is 0 Å². The third kappa shape index (κ3) is 4.57. The van der Waals surface area contributed by atoms with Crippen LogP contribution in [0.15, 0.2) is 0 Å². The van der Waals surface area contributed by atoms with Crippen molar-refractivity contribution in [2.24, 2.45) is 5.92 Å². The van der Waals surface area contributed by atoms with Crippen LogP contribution in [0, 0.1) is 5.92 Å². The molecule has 0 atom stereocenters. The van der Waals surface area contributed by atoms with Crippen molar-refractivity contribution >= 4 is 21.8 Å². The fourth-order valence-corrected chi connectivity index (χ4v) is 3.20. The number of hydrogen-bond donors (Lipinski definition) is 1. The predicted molar refractivity (Wildman–Crippen MR) is 66.8 cm³/mol. The molecule has 16 heavy (non-hydrogen) atoms. The monoisotopic (exact) mass is 268 g/mol. The molecule has 6 heteroatoms. The zero-order chi connectivity index (χ0) is 12.0. The average Bonchev–Trinajstić information content (AvgIpc) is 2.25. The molecule has 1 aliphatic rings. The van der Waals surface area contributed by atoms with Crippen LogP contribution >= 0.6 is 11.6 Å². The predicted octanol–water partition coefficient (Wildman–Crippen LogP) is 1.57. The van der Waals surface area contributed by atoms with Gasteiger partial charge in [-0.3, -0.25) is 0 Å². The van der Waals surface area contributed by atoms with E-state index in [0.717, 1.165) is 25.7 Å². The van der Waals surface area contributed by atoms with Crippen molar-refractivity contribution in [3.63, 3.8) is 0 Å². The molecule has 0 aromatic heterocycles. The molecule has 0 radical (unpaired) electrons. The van der Waals surface area contributed by atoms with Crippen LogP contribution in [0.4, 0.5) is 0 Å². The molecular weight excluding hydrogens is 248 g/mol. The molecule has 0 saturated carbocycles. The molecule has 0 aromatic carbocycles. The lowest BCUT2D eigenvalue weighted by Gasteiger charge is -2.29. The molecule has 1 saturated heterocycles. The number of rotatable bonds is 6. The number of alkyl halides is 1. The van der Waals surface area contributed by atoms with Gasteiger partial charge in [-0.25, -0.2) is 4.72 Å². The van der Waals surface area contributed by atoms with Gasteiger partial charge in [-0.1, -0.05) is 6.92 Å². The van der Waals surface area contributed by atoms with E-state index in [4.69, 9.17) is 11.6 Å². The van der Waals surface area contributed by atoms with Crippen LogP contribution in [-0.2, 0) is 10.2 Å². The normalized spacial score (nSPS) is 20.1. The summed E-state index contributed by atoms with van der Waals surface area (Å²) in [6, 6.07) is 0. The first-order valence-electron chi connectivity index (χ1n) is 5.87. The van der Waals surface area contributed by atoms with Gasteiger partial charge in [0.15, 0.2) is 0 Å². The van der Waals surface area contributed by atoms with E-state index in [1.165, 1.54) is 0 Å². The highest BCUT2D eigenvalue weighted by Gasteiger charge is 2.25. The Morgan fingerprint density at radius 3 is 2.50 bits per heavy atom. The van der Waals surface area contributed by atoms with E-state index in [1.807, 2.05) is 0 Å². The molecule has 0 aliphatic carbocycles. The van der Waals surface area contributed by atoms with E-state index < -0.39 is 10.2 Å². The number of nitrogens with zero attached hydrogens (tertiary/aromatic N) is 1. The minimum atomic E-state index is -3.25. The minimum Gasteiger partial charge on any atom is -0.202 e. The summed E-state index contributed by atoms with van der Waals surface area (Å²) in [6.45, 7) is 3.94. The quantitative estimate of drug-likeness (QED) is 0.587. The highest BCUT2D eigenvalue weighted by atomic mass is 35.5. The third-order valence-corrected chi connectivity index (χ3v) is 4.81. The van der Waals surface area contributed by atoms with Gasteiger partial charge in [-0.15, -0.1) is 11.6 Å². The first-order valence-corrected chi connectivity index (χ1v) is 7.84. The number of piperidine rings is 1. The van der Waals surface area contributed by atoms with Gasteiger partial charge in [0, 0.05) is 25.5 Å². The number of unbranched alkanes of at least 4 members (excludes halogenated alkanes) is 1. The highest BCUT2D eigenvalue weighted by Crippen LogP contribution is 2.17. The molecule has 0 aromatic rings. The van der Waals surface area contributed by atoms with Crippen LogP contribution in [0.25, 0.3) is 0 Å². The van der Waals surface area contributed by atoms with E-state index in [9.17, 15) is 8.42 Å². The van der Waals surface area contributed by atoms with E-state index in [0.29, 0.717) is 31.4 Å². The minimum absolute atomic E-state index is 0.487. The Bertz CT molecular complexity index is 287. The molecular formula is C10H21ClN2O2S. The van der Waals surface area contributed by atoms with Crippen molar-refractivity contribution in [1.29, 1.82) is 0 Å². The molecule has 0 unspecified atom stereocenters. The van der Waals surface area contributed by atoms with Crippen molar-refractivity contribution in [1.82, 2.24) is 9.03 Å². The van der Waals surface area contributed by atoms with Crippen LogP contribution in [0.3, 0.4) is 0 Å². The van der Waals surface area contributed by atoms with Crippen molar-refractivity contribution in [2.75, 3.05) is 25.5 Å². The summed E-state index contributed by atoms with van der Waals surface area (Å²) < 4.78 is 27.8. The van der Waals surface area contributed by atoms with E-state index in [2.05, 4.69) is 11.6 Å². The van der Waals surface area contributed by atoms with E-state index in [1.54, 1.807) is 4.31 Å². The summed E-state index contributed by atoms with van der Waals surface area (Å²) in [5.74, 6) is 1.23. The lowest BCUT2D eigenvalue weighted by Crippen LogP contribution is -2.44.